The molecule has 1 atom stereocenters. The minimum Gasteiger partial charge on any atom is -0.341 e. The summed E-state index contributed by atoms with van der Waals surface area (Å²) in [6.07, 6.45) is 2.18. The van der Waals surface area contributed by atoms with Crippen LogP contribution in [0.3, 0.4) is 0 Å². The standard InChI is InChI=1S/C21H21N3OS/c1-15-22-18-12-6-5-11-17(18)20(23-15)26-19(16-9-3-2-4-10-16)21(25)24-13-7-8-14-24/h2-6,9-12,19H,7-8,13-14H2,1H3/t19-/m1/s1. The number of carbonyl (C=O) groups is 1. The SMILES string of the molecule is Cc1nc(S[C@@H](C(=O)N2CCCC2)c2ccccc2)c2ccccc2n1. The first kappa shape index (κ1) is 17.0. The molecule has 4 rings (SSSR count). The van der Waals surface area contributed by atoms with E-state index in [2.05, 4.69) is 9.97 Å². The van der Waals surface area contributed by atoms with Crippen molar-refractivity contribution in [3.63, 3.8) is 0 Å². The molecule has 1 saturated heterocycles. The second-order valence-corrected chi connectivity index (χ2v) is 7.63. The zero-order valence-corrected chi connectivity index (χ0v) is 15.6. The highest BCUT2D eigenvalue weighted by Gasteiger charge is 2.29. The minimum atomic E-state index is -0.285. The van der Waals surface area contributed by atoms with Gasteiger partial charge in [0.2, 0.25) is 5.91 Å². The zero-order valence-electron chi connectivity index (χ0n) is 14.8. The molecule has 5 heteroatoms. The van der Waals surface area contributed by atoms with Crippen molar-refractivity contribution >= 4 is 28.6 Å². The van der Waals surface area contributed by atoms with Crippen LogP contribution in [0.15, 0.2) is 59.6 Å². The van der Waals surface area contributed by atoms with Gasteiger partial charge in [-0.05, 0) is 31.4 Å². The van der Waals surface area contributed by atoms with Crippen molar-refractivity contribution in [3.8, 4) is 0 Å². The summed E-state index contributed by atoms with van der Waals surface area (Å²) >= 11 is 1.54. The first-order valence-electron chi connectivity index (χ1n) is 8.96. The summed E-state index contributed by atoms with van der Waals surface area (Å²) in [6.45, 7) is 3.61. The van der Waals surface area contributed by atoms with Crippen LogP contribution in [-0.2, 0) is 4.79 Å². The summed E-state index contributed by atoms with van der Waals surface area (Å²) in [6, 6.07) is 18.0. The lowest BCUT2D eigenvalue weighted by molar-refractivity contribution is -0.129. The monoisotopic (exact) mass is 363 g/mol. The van der Waals surface area contributed by atoms with Gasteiger partial charge in [0.15, 0.2) is 0 Å². The van der Waals surface area contributed by atoms with Gasteiger partial charge in [-0.3, -0.25) is 4.79 Å². The molecule has 0 unspecified atom stereocenters. The lowest BCUT2D eigenvalue weighted by Crippen LogP contribution is -2.31. The van der Waals surface area contributed by atoms with Crippen molar-refractivity contribution in [2.45, 2.75) is 30.0 Å². The first-order valence-corrected chi connectivity index (χ1v) is 9.84. The quantitative estimate of drug-likeness (QED) is 0.509. The van der Waals surface area contributed by atoms with Crippen LogP contribution in [0.25, 0.3) is 10.9 Å². The molecule has 1 aliphatic rings. The number of hydrogen-bond acceptors (Lipinski definition) is 4. The summed E-state index contributed by atoms with van der Waals surface area (Å²) in [5, 5.41) is 1.58. The average molecular weight is 363 g/mol. The van der Waals surface area contributed by atoms with E-state index >= 15 is 0 Å². The van der Waals surface area contributed by atoms with E-state index in [1.54, 1.807) is 0 Å². The molecule has 132 valence electrons. The highest BCUT2D eigenvalue weighted by molar-refractivity contribution is 8.00. The molecular weight excluding hydrogens is 342 g/mol. The number of aryl methyl sites for hydroxylation is 1. The number of para-hydroxylation sites is 1. The topological polar surface area (TPSA) is 46.1 Å². The van der Waals surface area contributed by atoms with Gasteiger partial charge in [-0.1, -0.05) is 60.3 Å². The number of thioether (sulfide) groups is 1. The number of amides is 1. The van der Waals surface area contributed by atoms with E-state index in [-0.39, 0.29) is 11.2 Å². The van der Waals surface area contributed by atoms with E-state index in [0.717, 1.165) is 53.2 Å². The Bertz CT molecular complexity index is 923. The number of fused-ring (bicyclic) bond motifs is 1. The van der Waals surface area contributed by atoms with Crippen LogP contribution in [0.2, 0.25) is 0 Å². The molecule has 0 N–H and O–H groups in total. The number of nitrogens with zero attached hydrogens (tertiary/aromatic N) is 3. The van der Waals surface area contributed by atoms with Crippen molar-refractivity contribution in [1.82, 2.24) is 14.9 Å². The van der Waals surface area contributed by atoms with Crippen molar-refractivity contribution in [2.24, 2.45) is 0 Å². The van der Waals surface area contributed by atoms with E-state index in [9.17, 15) is 4.79 Å². The molecule has 0 aliphatic carbocycles. The van der Waals surface area contributed by atoms with Gasteiger partial charge >= 0.3 is 0 Å². The largest absolute Gasteiger partial charge is 0.341 e. The maximum absolute atomic E-state index is 13.2. The van der Waals surface area contributed by atoms with Gasteiger partial charge in [-0.2, -0.15) is 0 Å². The van der Waals surface area contributed by atoms with Gasteiger partial charge in [0.25, 0.3) is 0 Å². The maximum Gasteiger partial charge on any atom is 0.240 e. The fourth-order valence-electron chi connectivity index (χ4n) is 3.35. The molecule has 0 bridgehead atoms. The molecule has 2 aromatic carbocycles. The van der Waals surface area contributed by atoms with Crippen LogP contribution in [0.1, 0.15) is 29.5 Å². The highest BCUT2D eigenvalue weighted by Crippen LogP contribution is 2.39. The summed E-state index contributed by atoms with van der Waals surface area (Å²) < 4.78 is 0. The molecule has 1 amide bonds. The second-order valence-electron chi connectivity index (χ2n) is 6.53. The summed E-state index contributed by atoms with van der Waals surface area (Å²) in [7, 11) is 0. The molecule has 0 spiro atoms. The van der Waals surface area contributed by atoms with Crippen LogP contribution < -0.4 is 0 Å². The van der Waals surface area contributed by atoms with Gasteiger partial charge in [0.05, 0.1) is 5.52 Å². The van der Waals surface area contributed by atoms with E-state index < -0.39 is 0 Å². The van der Waals surface area contributed by atoms with Crippen LogP contribution in [0, 0.1) is 6.92 Å². The van der Waals surface area contributed by atoms with Gasteiger partial charge in [0, 0.05) is 18.5 Å². The lowest BCUT2D eigenvalue weighted by atomic mass is 10.1. The Kier molecular flexibility index (Phi) is 4.89. The first-order chi connectivity index (χ1) is 12.7. The highest BCUT2D eigenvalue weighted by atomic mass is 32.2. The molecule has 1 fully saturated rings. The summed E-state index contributed by atoms with van der Waals surface area (Å²) in [5.41, 5.74) is 1.94. The normalized spacial score (nSPS) is 15.3. The third-order valence-electron chi connectivity index (χ3n) is 4.65. The van der Waals surface area contributed by atoms with E-state index in [1.165, 1.54) is 11.8 Å². The number of benzene rings is 2. The van der Waals surface area contributed by atoms with Crippen molar-refractivity contribution in [2.75, 3.05) is 13.1 Å². The molecule has 0 saturated carbocycles. The Hall–Kier alpha value is -2.40. The Labute approximate surface area is 157 Å². The predicted octanol–water partition coefficient (Wildman–Crippen LogP) is 4.39. The summed E-state index contributed by atoms with van der Waals surface area (Å²) in [5.74, 6) is 0.908. The molecule has 1 aromatic heterocycles. The third-order valence-corrected chi connectivity index (χ3v) is 5.90. The molecule has 26 heavy (non-hydrogen) atoms. The predicted molar refractivity (Wildman–Crippen MR) is 105 cm³/mol. The van der Waals surface area contributed by atoms with Gasteiger partial charge in [0.1, 0.15) is 16.1 Å². The Morgan fingerprint density at radius 1 is 1.00 bits per heavy atom. The van der Waals surface area contributed by atoms with E-state index in [0.29, 0.717) is 0 Å². The van der Waals surface area contributed by atoms with Gasteiger partial charge in [-0.25, -0.2) is 9.97 Å². The third kappa shape index (κ3) is 3.44. The number of hydrogen-bond donors (Lipinski definition) is 0. The number of carbonyl (C=O) groups excluding carboxylic acids is 1. The Morgan fingerprint density at radius 3 is 2.46 bits per heavy atom. The van der Waals surface area contributed by atoms with Crippen molar-refractivity contribution < 1.29 is 4.79 Å². The minimum absolute atomic E-state index is 0.180. The fourth-order valence-corrected chi connectivity index (χ4v) is 4.60. The Balaban J connectivity index is 1.74. The lowest BCUT2D eigenvalue weighted by Gasteiger charge is -2.23. The molecule has 2 heterocycles. The van der Waals surface area contributed by atoms with Crippen LogP contribution >= 0.6 is 11.8 Å². The Morgan fingerprint density at radius 2 is 1.69 bits per heavy atom. The number of aromatic nitrogens is 2. The van der Waals surface area contributed by atoms with Crippen molar-refractivity contribution in [1.29, 1.82) is 0 Å². The van der Waals surface area contributed by atoms with Gasteiger partial charge < -0.3 is 4.90 Å². The fraction of sp³-hybridized carbons (Fsp3) is 0.286. The van der Waals surface area contributed by atoms with Crippen LogP contribution in [0.4, 0.5) is 0 Å². The van der Waals surface area contributed by atoms with Crippen LogP contribution in [-0.4, -0.2) is 33.9 Å². The summed E-state index contributed by atoms with van der Waals surface area (Å²) in [4.78, 5) is 24.4. The molecule has 4 nitrogen and oxygen atoms in total. The van der Waals surface area contributed by atoms with Gasteiger partial charge in [-0.15, -0.1) is 0 Å². The zero-order chi connectivity index (χ0) is 17.9. The molecule has 1 aliphatic heterocycles. The maximum atomic E-state index is 13.2. The smallest absolute Gasteiger partial charge is 0.240 e. The van der Waals surface area contributed by atoms with Crippen molar-refractivity contribution in [3.05, 3.63) is 66.0 Å². The molecule has 0 radical (unpaired) electrons. The molecule has 3 aromatic rings. The second kappa shape index (κ2) is 7.46. The number of likely N-dealkylation sites (tertiary alicyclic amines) is 1. The molecular formula is C21H21N3OS. The van der Waals surface area contributed by atoms with E-state index in [1.807, 2.05) is 66.4 Å². The van der Waals surface area contributed by atoms with Crippen LogP contribution in [0.5, 0.6) is 0 Å². The average Bonchev–Trinajstić information content (AvgIpc) is 3.21. The number of rotatable bonds is 4. The van der Waals surface area contributed by atoms with E-state index in [4.69, 9.17) is 0 Å².